The van der Waals surface area contributed by atoms with Crippen molar-refractivity contribution in [3.8, 4) is 5.92 Å². The average Bonchev–Trinajstić information content (AvgIpc) is 2.01. The van der Waals surface area contributed by atoms with Gasteiger partial charge in [-0.3, -0.25) is 0 Å². The zero-order valence-electron chi connectivity index (χ0n) is 10.2. The Hall–Kier alpha value is 0.793. The van der Waals surface area contributed by atoms with Gasteiger partial charge in [0.15, 0.2) is 8.32 Å². The summed E-state index contributed by atoms with van der Waals surface area (Å²) in [6.45, 7) is 7.58. The van der Waals surface area contributed by atoms with Crippen LogP contribution in [0.2, 0.25) is 19.6 Å². The van der Waals surface area contributed by atoms with Gasteiger partial charge in [-0.1, -0.05) is 12.8 Å². The molecule has 0 radical (unpaired) electrons. The third-order valence-electron chi connectivity index (χ3n) is 1.73. The summed E-state index contributed by atoms with van der Waals surface area (Å²) in [7, 11) is -1.27. The number of halogens is 1. The van der Waals surface area contributed by atoms with E-state index in [-0.39, 0.29) is 35.5 Å². The van der Waals surface area contributed by atoms with Crippen molar-refractivity contribution >= 4 is 31.4 Å². The van der Waals surface area contributed by atoms with Crippen LogP contribution in [-0.2, 0) is 4.43 Å². The normalized spacial score (nSPS) is 9.73. The summed E-state index contributed by atoms with van der Waals surface area (Å²) in [5.41, 5.74) is 0. The summed E-state index contributed by atoms with van der Waals surface area (Å²) in [5, 5.41) is 0. The topological polar surface area (TPSA) is 9.23 Å². The van der Waals surface area contributed by atoms with Crippen molar-refractivity contribution in [2.24, 2.45) is 0 Å². The fourth-order valence-electron chi connectivity index (χ4n) is 1.05. The fraction of sp³-hybridized carbons (Fsp3) is 0.818. The van der Waals surface area contributed by atoms with E-state index in [1.165, 1.54) is 19.3 Å². The van der Waals surface area contributed by atoms with Crippen molar-refractivity contribution in [3.63, 3.8) is 0 Å². The predicted octanol–water partition coefficient (Wildman–Crippen LogP) is 0.00139. The molecule has 0 amide bonds. The minimum atomic E-state index is -1.27. The van der Waals surface area contributed by atoms with Crippen molar-refractivity contribution < 1.29 is 16.8 Å². The zero-order chi connectivity index (χ0) is 10.2. The van der Waals surface area contributed by atoms with Crippen LogP contribution in [0.1, 0.15) is 32.1 Å². The number of unbranched alkanes of at least 4 members (excludes halogenated alkanes) is 4. The minimum Gasteiger partial charge on any atom is -1.00 e. The SMILES string of the molecule is [C-]#CCCCCCCO[Si](C)(C)C.[Cl-].[Mg+2]. The number of hydrogen-bond donors (Lipinski definition) is 0. The first-order chi connectivity index (χ1) is 6.06. The molecule has 0 saturated carbocycles. The molecule has 0 bridgehead atoms. The molecule has 0 aliphatic heterocycles. The Bertz CT molecular complexity index is 163. The average molecular weight is 257 g/mol. The summed E-state index contributed by atoms with van der Waals surface area (Å²) < 4.78 is 5.72. The molecule has 1 nitrogen and oxygen atoms in total. The van der Waals surface area contributed by atoms with Gasteiger partial charge in [0.05, 0.1) is 0 Å². The molecule has 0 aliphatic carbocycles. The Kier molecular flexibility index (Phi) is 18.1. The van der Waals surface area contributed by atoms with Crippen LogP contribution in [0, 0.1) is 12.3 Å². The molecular weight excluding hydrogens is 236 g/mol. The summed E-state index contributed by atoms with van der Waals surface area (Å²) in [6.07, 6.45) is 12.3. The van der Waals surface area contributed by atoms with Crippen LogP contribution in [0.25, 0.3) is 0 Å². The number of hydrogen-bond acceptors (Lipinski definition) is 1. The van der Waals surface area contributed by atoms with Crippen LogP contribution >= 0.6 is 0 Å². The molecule has 0 spiro atoms. The molecule has 0 heterocycles. The second kappa shape index (κ2) is 12.9. The van der Waals surface area contributed by atoms with Gasteiger partial charge in [0, 0.05) is 6.61 Å². The first-order valence-corrected chi connectivity index (χ1v) is 8.50. The van der Waals surface area contributed by atoms with E-state index in [1.807, 2.05) is 0 Å². The van der Waals surface area contributed by atoms with Crippen molar-refractivity contribution in [3.05, 3.63) is 6.42 Å². The maximum absolute atomic E-state index is 6.73. The Labute approximate surface area is 118 Å². The zero-order valence-corrected chi connectivity index (χ0v) is 13.4. The van der Waals surface area contributed by atoms with Crippen LogP contribution in [0.4, 0.5) is 0 Å². The van der Waals surface area contributed by atoms with Gasteiger partial charge in [-0.2, -0.15) is 0 Å². The molecule has 0 aromatic rings. The summed E-state index contributed by atoms with van der Waals surface area (Å²) in [6, 6.07) is 0. The van der Waals surface area contributed by atoms with E-state index in [2.05, 4.69) is 25.6 Å². The Morgan fingerprint density at radius 2 is 1.60 bits per heavy atom. The molecule has 15 heavy (non-hydrogen) atoms. The molecule has 4 heteroatoms. The van der Waals surface area contributed by atoms with Crippen molar-refractivity contribution in [1.82, 2.24) is 0 Å². The van der Waals surface area contributed by atoms with E-state index in [0.717, 1.165) is 19.4 Å². The smallest absolute Gasteiger partial charge is 1.00 e. The first kappa shape index (κ1) is 21.1. The minimum absolute atomic E-state index is 0. The molecule has 0 atom stereocenters. The molecule has 0 aliphatic rings. The Morgan fingerprint density at radius 3 is 2.07 bits per heavy atom. The van der Waals surface area contributed by atoms with Gasteiger partial charge >= 0.3 is 23.1 Å². The Morgan fingerprint density at radius 1 is 1.07 bits per heavy atom. The molecule has 0 saturated heterocycles. The van der Waals surface area contributed by atoms with Crippen molar-refractivity contribution in [2.45, 2.75) is 51.7 Å². The predicted molar refractivity (Wildman–Crippen MR) is 65.3 cm³/mol. The molecule has 84 valence electrons. The maximum atomic E-state index is 6.73. The van der Waals surface area contributed by atoms with Gasteiger partial charge in [0.1, 0.15) is 0 Å². The molecule has 0 aromatic carbocycles. The molecule has 0 N–H and O–H groups in total. The van der Waals surface area contributed by atoms with E-state index < -0.39 is 8.32 Å². The van der Waals surface area contributed by atoms with Gasteiger partial charge in [0.25, 0.3) is 0 Å². The van der Waals surface area contributed by atoms with Gasteiger partial charge in [-0.05, 0) is 38.9 Å². The fourth-order valence-corrected chi connectivity index (χ4v) is 1.80. The summed E-state index contributed by atoms with van der Waals surface area (Å²) >= 11 is 0. The standard InChI is InChI=1S/C11H21OSi.ClH.Mg/c1-5-6-7-8-9-10-11-12-13(2,3)4;;/h6-11H2,2-4H3;1H;/q-1;;+2/p-1. The molecular formula is C11H21ClMgOSi. The Balaban J connectivity index is -0.000000720. The van der Waals surface area contributed by atoms with Crippen LogP contribution in [-0.4, -0.2) is 38.0 Å². The quantitative estimate of drug-likeness (QED) is 0.270. The van der Waals surface area contributed by atoms with Crippen molar-refractivity contribution in [2.75, 3.05) is 6.61 Å². The summed E-state index contributed by atoms with van der Waals surface area (Å²) in [5.74, 6) is 2.41. The van der Waals surface area contributed by atoms with Crippen LogP contribution in [0.3, 0.4) is 0 Å². The molecule has 0 unspecified atom stereocenters. The third-order valence-corrected chi connectivity index (χ3v) is 2.80. The first-order valence-electron chi connectivity index (χ1n) is 5.10. The summed E-state index contributed by atoms with van der Waals surface area (Å²) in [4.78, 5) is 0. The van der Waals surface area contributed by atoms with Gasteiger partial charge in [-0.25, -0.2) is 0 Å². The van der Waals surface area contributed by atoms with E-state index in [0.29, 0.717) is 0 Å². The second-order valence-electron chi connectivity index (χ2n) is 4.30. The van der Waals surface area contributed by atoms with Crippen LogP contribution in [0.5, 0.6) is 0 Å². The molecule has 0 rings (SSSR count). The van der Waals surface area contributed by atoms with Gasteiger partial charge in [-0.15, -0.1) is 0 Å². The van der Waals surface area contributed by atoms with E-state index >= 15 is 0 Å². The maximum Gasteiger partial charge on any atom is 2.00 e. The number of rotatable bonds is 7. The monoisotopic (exact) mass is 256 g/mol. The second-order valence-corrected chi connectivity index (χ2v) is 8.82. The van der Waals surface area contributed by atoms with Gasteiger partial charge < -0.3 is 29.2 Å². The largest absolute Gasteiger partial charge is 2.00 e. The van der Waals surface area contributed by atoms with E-state index in [1.54, 1.807) is 0 Å². The van der Waals surface area contributed by atoms with Crippen LogP contribution < -0.4 is 12.4 Å². The van der Waals surface area contributed by atoms with Gasteiger partial charge in [0.2, 0.25) is 0 Å². The molecule has 0 aromatic heterocycles. The van der Waals surface area contributed by atoms with Crippen LogP contribution in [0.15, 0.2) is 0 Å². The third kappa shape index (κ3) is 20.8. The van der Waals surface area contributed by atoms with E-state index in [4.69, 9.17) is 10.8 Å². The molecule has 0 fully saturated rings. The van der Waals surface area contributed by atoms with E-state index in [9.17, 15) is 0 Å². The van der Waals surface area contributed by atoms with Crippen molar-refractivity contribution in [1.29, 1.82) is 0 Å².